The van der Waals surface area contributed by atoms with Crippen molar-refractivity contribution in [3.05, 3.63) is 52.3 Å². The molecule has 0 saturated heterocycles. The van der Waals surface area contributed by atoms with E-state index in [4.69, 9.17) is 5.73 Å². The molecular weight excluding hydrogens is 275 g/mol. The molecule has 1 heterocycles. The number of nitro groups is 1. The second-order valence-electron chi connectivity index (χ2n) is 4.66. The highest BCUT2D eigenvalue weighted by Gasteiger charge is 2.15. The fourth-order valence-electron chi connectivity index (χ4n) is 2.27. The van der Waals surface area contributed by atoms with Gasteiger partial charge in [-0.15, -0.1) is 0 Å². The van der Waals surface area contributed by atoms with Gasteiger partial charge in [0.1, 0.15) is 11.6 Å². The summed E-state index contributed by atoms with van der Waals surface area (Å²) < 4.78 is 15.0. The number of rotatable bonds is 2. The molecule has 0 spiro atoms. The topological polar surface area (TPSA) is 87.0 Å². The number of imidazole rings is 1. The number of anilines is 1. The van der Waals surface area contributed by atoms with E-state index in [1.807, 2.05) is 0 Å². The van der Waals surface area contributed by atoms with E-state index >= 15 is 0 Å². The number of aromatic nitrogens is 2. The summed E-state index contributed by atoms with van der Waals surface area (Å²) in [4.78, 5) is 14.6. The summed E-state index contributed by atoms with van der Waals surface area (Å²) in [5.74, 6) is 0.178. The molecule has 106 valence electrons. The normalized spacial score (nSPS) is 11.0. The Morgan fingerprint density at radius 1 is 1.29 bits per heavy atom. The average Bonchev–Trinajstić information content (AvgIpc) is 2.76. The number of halogens is 1. The zero-order valence-electron chi connectivity index (χ0n) is 11.1. The Morgan fingerprint density at radius 2 is 2.05 bits per heavy atom. The van der Waals surface area contributed by atoms with E-state index in [1.54, 1.807) is 23.7 Å². The largest absolute Gasteiger partial charge is 0.398 e. The Hall–Kier alpha value is -2.96. The van der Waals surface area contributed by atoms with Crippen LogP contribution >= 0.6 is 0 Å². The Kier molecular flexibility index (Phi) is 2.83. The third-order valence-electron chi connectivity index (χ3n) is 3.33. The highest BCUT2D eigenvalue weighted by molar-refractivity contribution is 5.84. The standard InChI is InChI=1S/C14H11FN4O2/c1-18-13-6-8(15)2-5-12(13)17-14(18)10-4-3-9(19(20)21)7-11(10)16/h2-7H,16H2,1H3. The number of nitrogen functional groups attached to an aromatic ring is 1. The van der Waals surface area contributed by atoms with Crippen molar-refractivity contribution < 1.29 is 9.31 Å². The number of hydrogen-bond donors (Lipinski definition) is 1. The quantitative estimate of drug-likeness (QED) is 0.446. The highest BCUT2D eigenvalue weighted by Crippen LogP contribution is 2.30. The minimum atomic E-state index is -0.509. The third-order valence-corrected chi connectivity index (χ3v) is 3.33. The molecule has 0 fully saturated rings. The molecule has 0 bridgehead atoms. The first kappa shape index (κ1) is 13.0. The molecule has 6 nitrogen and oxygen atoms in total. The van der Waals surface area contributed by atoms with E-state index in [1.165, 1.54) is 24.3 Å². The first-order valence-electron chi connectivity index (χ1n) is 6.13. The lowest BCUT2D eigenvalue weighted by Gasteiger charge is -2.05. The van der Waals surface area contributed by atoms with Crippen molar-refractivity contribution >= 4 is 22.4 Å². The van der Waals surface area contributed by atoms with Crippen LogP contribution in [0.5, 0.6) is 0 Å². The fraction of sp³-hybridized carbons (Fsp3) is 0.0714. The maximum absolute atomic E-state index is 13.3. The minimum Gasteiger partial charge on any atom is -0.398 e. The molecule has 21 heavy (non-hydrogen) atoms. The van der Waals surface area contributed by atoms with Gasteiger partial charge in [0.25, 0.3) is 5.69 Å². The maximum atomic E-state index is 13.3. The summed E-state index contributed by atoms with van der Waals surface area (Å²) in [5.41, 5.74) is 7.88. The van der Waals surface area contributed by atoms with Gasteiger partial charge in [0.15, 0.2) is 0 Å². The number of fused-ring (bicyclic) bond motifs is 1. The predicted octanol–water partition coefficient (Wildman–Crippen LogP) is 2.87. The molecule has 0 unspecified atom stereocenters. The number of nitro benzene ring substituents is 1. The van der Waals surface area contributed by atoms with Crippen LogP contribution in [0.4, 0.5) is 15.8 Å². The molecular formula is C14H11FN4O2. The molecule has 0 aliphatic rings. The molecule has 0 saturated carbocycles. The summed E-state index contributed by atoms with van der Waals surface area (Å²) >= 11 is 0. The molecule has 0 aliphatic heterocycles. The van der Waals surface area contributed by atoms with Crippen LogP contribution in [0.1, 0.15) is 0 Å². The molecule has 3 aromatic rings. The average molecular weight is 286 g/mol. The first-order valence-corrected chi connectivity index (χ1v) is 6.13. The maximum Gasteiger partial charge on any atom is 0.271 e. The van der Waals surface area contributed by atoms with Crippen LogP contribution in [0.15, 0.2) is 36.4 Å². The summed E-state index contributed by atoms with van der Waals surface area (Å²) in [6.45, 7) is 0. The smallest absolute Gasteiger partial charge is 0.271 e. The molecule has 0 amide bonds. The number of nitrogens with zero attached hydrogens (tertiary/aromatic N) is 3. The van der Waals surface area contributed by atoms with Crippen LogP contribution in [0.25, 0.3) is 22.4 Å². The highest BCUT2D eigenvalue weighted by atomic mass is 19.1. The van der Waals surface area contributed by atoms with Crippen molar-refractivity contribution in [2.24, 2.45) is 7.05 Å². The fourth-order valence-corrected chi connectivity index (χ4v) is 2.27. The zero-order valence-corrected chi connectivity index (χ0v) is 11.1. The van der Waals surface area contributed by atoms with E-state index < -0.39 is 4.92 Å². The molecule has 0 aliphatic carbocycles. The second-order valence-corrected chi connectivity index (χ2v) is 4.66. The lowest BCUT2D eigenvalue weighted by Crippen LogP contribution is -1.98. The van der Waals surface area contributed by atoms with Gasteiger partial charge in [-0.1, -0.05) is 0 Å². The minimum absolute atomic E-state index is 0.0824. The van der Waals surface area contributed by atoms with Gasteiger partial charge in [0.05, 0.1) is 16.0 Å². The van der Waals surface area contributed by atoms with Gasteiger partial charge in [0, 0.05) is 30.4 Å². The SMILES string of the molecule is Cn1c(-c2ccc([N+](=O)[O-])cc2N)nc2ccc(F)cc21. The molecule has 2 N–H and O–H groups in total. The monoisotopic (exact) mass is 286 g/mol. The van der Waals surface area contributed by atoms with Crippen molar-refractivity contribution in [3.63, 3.8) is 0 Å². The molecule has 2 aromatic carbocycles. The van der Waals surface area contributed by atoms with Crippen molar-refractivity contribution in [2.75, 3.05) is 5.73 Å². The Labute approximate surface area is 118 Å². The molecule has 3 rings (SSSR count). The van der Waals surface area contributed by atoms with Gasteiger partial charge in [0.2, 0.25) is 0 Å². The number of hydrogen-bond acceptors (Lipinski definition) is 4. The lowest BCUT2D eigenvalue weighted by atomic mass is 10.1. The van der Waals surface area contributed by atoms with Gasteiger partial charge in [-0.05, 0) is 24.3 Å². The summed E-state index contributed by atoms with van der Waals surface area (Å²) in [5, 5.41) is 10.7. The van der Waals surface area contributed by atoms with Crippen LogP contribution in [0, 0.1) is 15.9 Å². The Balaban J connectivity index is 2.21. The number of nitrogens with two attached hydrogens (primary N) is 1. The Bertz CT molecular complexity index is 873. The number of non-ortho nitro benzene ring substituents is 1. The van der Waals surface area contributed by atoms with Gasteiger partial charge < -0.3 is 10.3 Å². The molecule has 0 radical (unpaired) electrons. The third kappa shape index (κ3) is 2.08. The summed E-state index contributed by atoms with van der Waals surface area (Å²) in [6.07, 6.45) is 0. The van der Waals surface area contributed by atoms with E-state index in [9.17, 15) is 14.5 Å². The summed E-state index contributed by atoms with van der Waals surface area (Å²) in [7, 11) is 1.74. The molecule has 1 aromatic heterocycles. The van der Waals surface area contributed by atoms with E-state index in [-0.39, 0.29) is 17.2 Å². The van der Waals surface area contributed by atoms with E-state index in [0.717, 1.165) is 0 Å². The lowest BCUT2D eigenvalue weighted by molar-refractivity contribution is -0.384. The van der Waals surface area contributed by atoms with Gasteiger partial charge in [-0.2, -0.15) is 0 Å². The second kappa shape index (κ2) is 4.55. The van der Waals surface area contributed by atoms with E-state index in [2.05, 4.69) is 4.98 Å². The van der Waals surface area contributed by atoms with Crippen LogP contribution < -0.4 is 5.73 Å². The van der Waals surface area contributed by atoms with Crippen molar-refractivity contribution in [3.8, 4) is 11.4 Å². The van der Waals surface area contributed by atoms with Gasteiger partial charge >= 0.3 is 0 Å². The first-order chi connectivity index (χ1) is 9.97. The summed E-state index contributed by atoms with van der Waals surface area (Å²) in [6, 6.07) is 8.49. The Morgan fingerprint density at radius 3 is 2.71 bits per heavy atom. The van der Waals surface area contributed by atoms with Crippen LogP contribution in [-0.2, 0) is 7.05 Å². The van der Waals surface area contributed by atoms with Crippen LogP contribution in [0.3, 0.4) is 0 Å². The van der Waals surface area contributed by atoms with Crippen LogP contribution in [-0.4, -0.2) is 14.5 Å². The van der Waals surface area contributed by atoms with Crippen LogP contribution in [0.2, 0.25) is 0 Å². The van der Waals surface area contributed by atoms with E-state index in [0.29, 0.717) is 22.4 Å². The molecule has 0 atom stereocenters. The van der Waals surface area contributed by atoms with Gasteiger partial charge in [-0.25, -0.2) is 9.37 Å². The predicted molar refractivity (Wildman–Crippen MR) is 77.2 cm³/mol. The number of benzene rings is 2. The van der Waals surface area contributed by atoms with Crippen molar-refractivity contribution in [2.45, 2.75) is 0 Å². The molecule has 7 heteroatoms. The number of aryl methyl sites for hydroxylation is 1. The van der Waals surface area contributed by atoms with Gasteiger partial charge in [-0.3, -0.25) is 10.1 Å². The van der Waals surface area contributed by atoms with Crippen molar-refractivity contribution in [1.29, 1.82) is 0 Å². The zero-order chi connectivity index (χ0) is 15.1. The van der Waals surface area contributed by atoms with Crippen molar-refractivity contribution in [1.82, 2.24) is 9.55 Å².